The van der Waals surface area contributed by atoms with E-state index >= 15 is 0 Å². The van der Waals surface area contributed by atoms with E-state index in [2.05, 4.69) is 0 Å². The molecular weight excluding hydrogens is 239 g/mol. The summed E-state index contributed by atoms with van der Waals surface area (Å²) in [6, 6.07) is 3.72. The van der Waals surface area contributed by atoms with E-state index in [4.69, 9.17) is 0 Å². The van der Waals surface area contributed by atoms with Crippen LogP contribution in [-0.4, -0.2) is 28.3 Å². The lowest BCUT2D eigenvalue weighted by atomic mass is 10.1. The van der Waals surface area contributed by atoms with Crippen molar-refractivity contribution in [2.24, 2.45) is 0 Å². The van der Waals surface area contributed by atoms with Crippen LogP contribution in [0.1, 0.15) is 30.1 Å². The molecule has 0 unspecified atom stereocenters. The number of nitro benzene ring substituents is 1. The molecule has 0 radical (unpaired) electrons. The Hall–Kier alpha value is -1.98. The summed E-state index contributed by atoms with van der Waals surface area (Å²) >= 11 is 0. The topological polar surface area (TPSA) is 63.5 Å². The van der Waals surface area contributed by atoms with Gasteiger partial charge in [-0.25, -0.2) is 0 Å². The van der Waals surface area contributed by atoms with Crippen LogP contribution in [0, 0.1) is 15.9 Å². The fourth-order valence-electron chi connectivity index (χ4n) is 2.22. The molecule has 0 N–H and O–H groups in total. The number of carbonyl (C=O) groups excluding carboxylic acids is 1. The molecule has 1 aliphatic heterocycles. The Morgan fingerprint density at radius 1 is 1.56 bits per heavy atom. The van der Waals surface area contributed by atoms with Crippen molar-refractivity contribution in [1.82, 2.24) is 4.90 Å². The van der Waals surface area contributed by atoms with Gasteiger partial charge in [-0.1, -0.05) is 6.07 Å². The van der Waals surface area contributed by atoms with Crippen LogP contribution in [0.15, 0.2) is 18.2 Å². The third-order valence-corrected chi connectivity index (χ3v) is 3.22. The minimum Gasteiger partial charge on any atom is -0.336 e. The molecule has 0 aliphatic carbocycles. The molecule has 1 atom stereocenters. The summed E-state index contributed by atoms with van der Waals surface area (Å²) < 4.78 is 13.9. The maximum absolute atomic E-state index is 13.9. The van der Waals surface area contributed by atoms with Crippen molar-refractivity contribution in [2.75, 3.05) is 6.54 Å². The number of hydrogen-bond acceptors (Lipinski definition) is 3. The van der Waals surface area contributed by atoms with Crippen molar-refractivity contribution in [3.63, 3.8) is 0 Å². The van der Waals surface area contributed by atoms with Gasteiger partial charge in [-0.05, 0) is 25.8 Å². The van der Waals surface area contributed by atoms with Gasteiger partial charge in [0.05, 0.1) is 10.5 Å². The summed E-state index contributed by atoms with van der Waals surface area (Å²) in [5.41, 5.74) is -0.884. The zero-order valence-electron chi connectivity index (χ0n) is 9.93. The van der Waals surface area contributed by atoms with E-state index in [1.54, 1.807) is 4.90 Å². The van der Waals surface area contributed by atoms with E-state index in [0.717, 1.165) is 18.9 Å². The Bertz CT molecular complexity index is 504. The number of amides is 1. The molecule has 18 heavy (non-hydrogen) atoms. The lowest BCUT2D eigenvalue weighted by molar-refractivity contribution is -0.387. The van der Waals surface area contributed by atoms with Gasteiger partial charge in [0.15, 0.2) is 0 Å². The van der Waals surface area contributed by atoms with Crippen molar-refractivity contribution < 1.29 is 14.1 Å². The molecule has 6 heteroatoms. The number of carbonyl (C=O) groups is 1. The molecule has 1 saturated heterocycles. The summed E-state index contributed by atoms with van der Waals surface area (Å²) in [5, 5.41) is 10.6. The Labute approximate surface area is 103 Å². The summed E-state index contributed by atoms with van der Waals surface area (Å²) in [6.45, 7) is 2.46. The second-order valence-electron chi connectivity index (χ2n) is 4.39. The van der Waals surface area contributed by atoms with E-state index in [-0.39, 0.29) is 11.6 Å². The zero-order valence-corrected chi connectivity index (χ0v) is 9.93. The van der Waals surface area contributed by atoms with Crippen LogP contribution >= 0.6 is 0 Å². The molecular formula is C12H13FN2O3. The summed E-state index contributed by atoms with van der Waals surface area (Å²) in [5.74, 6) is -1.52. The van der Waals surface area contributed by atoms with Gasteiger partial charge >= 0.3 is 5.69 Å². The van der Waals surface area contributed by atoms with Gasteiger partial charge in [-0.3, -0.25) is 14.9 Å². The Balaban J connectivity index is 2.36. The summed E-state index contributed by atoms with van der Waals surface area (Å²) in [6.07, 6.45) is 1.76. The van der Waals surface area contributed by atoms with Crippen LogP contribution in [0.2, 0.25) is 0 Å². The second kappa shape index (κ2) is 4.72. The quantitative estimate of drug-likeness (QED) is 0.599. The zero-order chi connectivity index (χ0) is 13.3. The van der Waals surface area contributed by atoms with Crippen LogP contribution in [0.3, 0.4) is 0 Å². The molecule has 1 amide bonds. The Morgan fingerprint density at radius 3 is 2.83 bits per heavy atom. The smallest absolute Gasteiger partial charge is 0.305 e. The minimum absolute atomic E-state index is 0.0520. The van der Waals surface area contributed by atoms with Crippen LogP contribution < -0.4 is 0 Å². The SMILES string of the molecule is C[C@@H]1CCCN1C(=O)c1cccc([N+](=O)[O-])c1F. The third-order valence-electron chi connectivity index (χ3n) is 3.22. The lowest BCUT2D eigenvalue weighted by Gasteiger charge is -2.21. The molecule has 0 aromatic heterocycles. The van der Waals surface area contributed by atoms with E-state index < -0.39 is 22.3 Å². The maximum Gasteiger partial charge on any atom is 0.305 e. The summed E-state index contributed by atoms with van der Waals surface area (Å²) in [4.78, 5) is 23.5. The molecule has 1 heterocycles. The normalized spacial score (nSPS) is 19.0. The van der Waals surface area contributed by atoms with E-state index in [0.29, 0.717) is 6.54 Å². The fraction of sp³-hybridized carbons (Fsp3) is 0.417. The highest BCUT2D eigenvalue weighted by molar-refractivity contribution is 5.95. The van der Waals surface area contributed by atoms with Crippen molar-refractivity contribution >= 4 is 11.6 Å². The molecule has 0 bridgehead atoms. The number of halogens is 1. The van der Waals surface area contributed by atoms with Gasteiger partial charge in [-0.2, -0.15) is 4.39 Å². The van der Waals surface area contributed by atoms with Gasteiger partial charge in [0, 0.05) is 18.7 Å². The van der Waals surface area contributed by atoms with E-state index in [1.807, 2.05) is 6.92 Å². The van der Waals surface area contributed by atoms with Gasteiger partial charge in [0.2, 0.25) is 5.82 Å². The van der Waals surface area contributed by atoms with Gasteiger partial charge in [0.25, 0.3) is 5.91 Å². The van der Waals surface area contributed by atoms with Crippen LogP contribution in [0.4, 0.5) is 10.1 Å². The fourth-order valence-corrected chi connectivity index (χ4v) is 2.22. The first kappa shape index (κ1) is 12.5. The molecule has 2 rings (SSSR count). The molecule has 0 saturated carbocycles. The Kier molecular flexibility index (Phi) is 3.27. The molecule has 1 aromatic rings. The molecule has 1 fully saturated rings. The van der Waals surface area contributed by atoms with Crippen molar-refractivity contribution in [3.05, 3.63) is 39.7 Å². The van der Waals surface area contributed by atoms with Crippen molar-refractivity contribution in [1.29, 1.82) is 0 Å². The average molecular weight is 252 g/mol. The molecule has 96 valence electrons. The first-order chi connectivity index (χ1) is 8.52. The predicted molar refractivity (Wildman–Crippen MR) is 62.8 cm³/mol. The molecule has 0 spiro atoms. The third kappa shape index (κ3) is 2.05. The number of rotatable bonds is 2. The highest BCUT2D eigenvalue weighted by Gasteiger charge is 2.30. The summed E-state index contributed by atoms with van der Waals surface area (Å²) in [7, 11) is 0. The number of nitro groups is 1. The molecule has 1 aliphatic rings. The first-order valence-corrected chi connectivity index (χ1v) is 5.76. The standard InChI is InChI=1S/C12H13FN2O3/c1-8-4-3-7-14(8)12(16)9-5-2-6-10(11(9)13)15(17)18/h2,5-6,8H,3-4,7H2,1H3/t8-/m1/s1. The number of likely N-dealkylation sites (tertiary alicyclic amines) is 1. The largest absolute Gasteiger partial charge is 0.336 e. The van der Waals surface area contributed by atoms with Crippen molar-refractivity contribution in [3.8, 4) is 0 Å². The van der Waals surface area contributed by atoms with Crippen LogP contribution in [0.25, 0.3) is 0 Å². The average Bonchev–Trinajstić information content (AvgIpc) is 2.74. The predicted octanol–water partition coefficient (Wildman–Crippen LogP) is 2.36. The van der Waals surface area contributed by atoms with Crippen LogP contribution in [0.5, 0.6) is 0 Å². The monoisotopic (exact) mass is 252 g/mol. The highest BCUT2D eigenvalue weighted by atomic mass is 19.1. The van der Waals surface area contributed by atoms with Gasteiger partial charge in [0.1, 0.15) is 0 Å². The van der Waals surface area contributed by atoms with Gasteiger partial charge < -0.3 is 4.90 Å². The molecule has 1 aromatic carbocycles. The maximum atomic E-state index is 13.9. The highest BCUT2D eigenvalue weighted by Crippen LogP contribution is 2.24. The lowest BCUT2D eigenvalue weighted by Crippen LogP contribution is -2.34. The first-order valence-electron chi connectivity index (χ1n) is 5.76. The minimum atomic E-state index is -1.05. The van der Waals surface area contributed by atoms with Crippen molar-refractivity contribution in [2.45, 2.75) is 25.8 Å². The Morgan fingerprint density at radius 2 is 2.28 bits per heavy atom. The molecule has 5 nitrogen and oxygen atoms in total. The second-order valence-corrected chi connectivity index (χ2v) is 4.39. The van der Waals surface area contributed by atoms with Crippen LogP contribution in [-0.2, 0) is 0 Å². The number of benzene rings is 1. The van der Waals surface area contributed by atoms with E-state index in [9.17, 15) is 19.3 Å². The van der Waals surface area contributed by atoms with E-state index in [1.165, 1.54) is 12.1 Å². The van der Waals surface area contributed by atoms with Gasteiger partial charge in [-0.15, -0.1) is 0 Å². The number of hydrogen-bond donors (Lipinski definition) is 0. The number of nitrogens with zero attached hydrogens (tertiary/aromatic N) is 2.